The number of rotatable bonds is 6. The number of halogens is 9. The van der Waals surface area contributed by atoms with Crippen molar-refractivity contribution in [2.45, 2.75) is 45.6 Å². The van der Waals surface area contributed by atoms with E-state index in [4.69, 9.17) is 109 Å². The number of alkyl halides is 6. The first-order chi connectivity index (χ1) is 16.5. The third-order valence-electron chi connectivity index (χ3n) is 4.89. The first-order valence-electron chi connectivity index (χ1n) is 10.4. The van der Waals surface area contributed by atoms with Gasteiger partial charge >= 0.3 is 6.03 Å². The molecule has 1 heterocycles. The van der Waals surface area contributed by atoms with E-state index in [0.29, 0.717) is 33.9 Å². The summed E-state index contributed by atoms with van der Waals surface area (Å²) in [7, 11) is 0. The zero-order valence-electron chi connectivity index (χ0n) is 18.2. The van der Waals surface area contributed by atoms with Gasteiger partial charge in [0.05, 0.1) is 48.9 Å². The van der Waals surface area contributed by atoms with Crippen LogP contribution in [-0.4, -0.2) is 72.4 Å². The topological polar surface area (TPSA) is 47.4 Å². The Morgan fingerprint density at radius 2 is 1.40 bits per heavy atom. The van der Waals surface area contributed by atoms with Crippen LogP contribution in [0.2, 0.25) is 15.1 Å². The molecule has 1 fully saturated rings. The molecule has 0 bridgehead atoms. The molecule has 1 aliphatic rings. The Bertz CT molecular complexity index is 869. The fourth-order valence-electron chi connectivity index (χ4n) is 3.09. The van der Waals surface area contributed by atoms with Crippen molar-refractivity contribution < 1.29 is 9.53 Å². The number of carbonyl (C=O) groups excluding carboxylic acids is 1. The van der Waals surface area contributed by atoms with Crippen LogP contribution in [0.25, 0.3) is 0 Å². The number of ether oxygens (including phenoxy) is 1. The molecule has 196 valence electrons. The monoisotopic (exact) mass is 663 g/mol. The predicted molar refractivity (Wildman–Crippen MR) is 150 cm³/mol. The molecular formula is C21H22Cl9N3O2. The highest BCUT2D eigenvalue weighted by atomic mass is 35.5. The fraction of sp³-hybridized carbons (Fsp3) is 0.524. The standard InChI is InChI=1S/C15H16Cl3N3O2.C6H6Cl6/c1-2-4-20(15(22)21-5-3-19-10-21)6-7-23-14-12(17)8-11(16)9-13(14)18;7-1-2(8)4(10)6(12)5(11)3(1)9/h3,5,8-10H,2,4,6-7H2,1H3;1-6H/t;1-,2-,3-,4+,5+,6+. The Kier molecular flexibility index (Phi) is 13.5. The SMILES string of the molecule is CCCN(CCOc1c(Cl)cc(Cl)cc1Cl)C(=O)n1ccnc1.Cl[C@H]1[C@H](Cl)[C@@H](Cl)[C@@H](Cl)[C@H](Cl)[C@H]1Cl. The maximum atomic E-state index is 12.3. The van der Waals surface area contributed by atoms with Gasteiger partial charge in [0.1, 0.15) is 12.9 Å². The van der Waals surface area contributed by atoms with E-state index in [1.165, 1.54) is 10.9 Å². The number of hydrogen-bond donors (Lipinski definition) is 0. The minimum atomic E-state index is -0.437. The second-order valence-corrected chi connectivity index (χ2v) is 11.7. The summed E-state index contributed by atoms with van der Waals surface area (Å²) in [6.07, 6.45) is 5.48. The van der Waals surface area contributed by atoms with E-state index in [1.54, 1.807) is 29.4 Å². The minimum absolute atomic E-state index is 0.152. The maximum absolute atomic E-state index is 12.3. The lowest BCUT2D eigenvalue weighted by molar-refractivity contribution is 0.184. The van der Waals surface area contributed by atoms with Gasteiger partial charge in [-0.05, 0) is 18.6 Å². The highest BCUT2D eigenvalue weighted by Gasteiger charge is 2.46. The van der Waals surface area contributed by atoms with Crippen molar-refractivity contribution in [3.63, 3.8) is 0 Å². The van der Waals surface area contributed by atoms with E-state index in [0.717, 1.165) is 6.42 Å². The van der Waals surface area contributed by atoms with Gasteiger partial charge in [-0.1, -0.05) is 41.7 Å². The molecule has 0 spiro atoms. The summed E-state index contributed by atoms with van der Waals surface area (Å²) in [6.45, 7) is 3.28. The fourth-order valence-corrected chi connectivity index (χ4v) is 6.34. The van der Waals surface area contributed by atoms with Crippen molar-refractivity contribution in [2.24, 2.45) is 0 Å². The second kappa shape index (κ2) is 15.0. The maximum Gasteiger partial charge on any atom is 0.329 e. The second-order valence-electron chi connectivity index (χ2n) is 7.45. The van der Waals surface area contributed by atoms with Crippen LogP contribution in [0.3, 0.4) is 0 Å². The lowest BCUT2D eigenvalue weighted by Crippen LogP contribution is -2.52. The zero-order valence-corrected chi connectivity index (χ0v) is 25.0. The molecule has 3 rings (SSSR count). The molecule has 5 nitrogen and oxygen atoms in total. The van der Waals surface area contributed by atoms with Crippen LogP contribution in [0, 0.1) is 0 Å². The van der Waals surface area contributed by atoms with Gasteiger partial charge in [-0.15, -0.1) is 69.6 Å². The number of carbonyl (C=O) groups is 1. The summed E-state index contributed by atoms with van der Waals surface area (Å²) in [4.78, 5) is 17.9. The molecule has 1 amide bonds. The highest BCUT2D eigenvalue weighted by Crippen LogP contribution is 2.40. The zero-order chi connectivity index (χ0) is 26.3. The van der Waals surface area contributed by atoms with Gasteiger partial charge in [-0.25, -0.2) is 9.78 Å². The van der Waals surface area contributed by atoms with E-state index < -0.39 is 32.3 Å². The number of imidazole rings is 1. The largest absolute Gasteiger partial charge is 0.489 e. The molecule has 0 unspecified atom stereocenters. The number of nitrogens with zero attached hydrogens (tertiary/aromatic N) is 3. The summed E-state index contributed by atoms with van der Waals surface area (Å²) in [5, 5.41) is -1.50. The smallest absolute Gasteiger partial charge is 0.329 e. The van der Waals surface area contributed by atoms with Crippen LogP contribution in [0.1, 0.15) is 13.3 Å². The predicted octanol–water partition coefficient (Wildman–Crippen LogP) is 8.25. The highest BCUT2D eigenvalue weighted by molar-refractivity contribution is 6.45. The summed E-state index contributed by atoms with van der Waals surface area (Å²) >= 11 is 53.3. The Morgan fingerprint density at radius 3 is 1.80 bits per heavy atom. The molecule has 0 saturated heterocycles. The molecule has 1 aliphatic carbocycles. The van der Waals surface area contributed by atoms with Crippen LogP contribution in [0.4, 0.5) is 4.79 Å². The van der Waals surface area contributed by atoms with Crippen molar-refractivity contribution in [2.75, 3.05) is 19.7 Å². The van der Waals surface area contributed by atoms with Crippen molar-refractivity contribution in [1.82, 2.24) is 14.5 Å². The normalized spacial score (nSPS) is 26.0. The average Bonchev–Trinajstić information content (AvgIpc) is 3.36. The number of hydrogen-bond acceptors (Lipinski definition) is 3. The third kappa shape index (κ3) is 8.66. The summed E-state index contributed by atoms with van der Waals surface area (Å²) in [5.74, 6) is 0.365. The van der Waals surface area contributed by atoms with E-state index in [2.05, 4.69) is 4.98 Å². The summed E-state index contributed by atoms with van der Waals surface area (Å²) < 4.78 is 7.05. The van der Waals surface area contributed by atoms with E-state index >= 15 is 0 Å². The first kappa shape index (κ1) is 31.5. The molecule has 14 heteroatoms. The molecule has 0 aliphatic heterocycles. The molecule has 1 saturated carbocycles. The van der Waals surface area contributed by atoms with Gasteiger partial charge < -0.3 is 9.64 Å². The van der Waals surface area contributed by atoms with Crippen molar-refractivity contribution in [1.29, 1.82) is 0 Å². The van der Waals surface area contributed by atoms with E-state index in [9.17, 15) is 4.79 Å². The summed E-state index contributed by atoms with van der Waals surface area (Å²) in [5.41, 5.74) is 0. The Morgan fingerprint density at radius 1 is 0.914 bits per heavy atom. The van der Waals surface area contributed by atoms with Gasteiger partial charge in [0.25, 0.3) is 0 Å². The van der Waals surface area contributed by atoms with Crippen LogP contribution >= 0.6 is 104 Å². The van der Waals surface area contributed by atoms with Crippen LogP contribution in [0.15, 0.2) is 30.9 Å². The lowest BCUT2D eigenvalue weighted by Gasteiger charge is -2.37. The van der Waals surface area contributed by atoms with E-state index in [1.807, 2.05) is 6.92 Å². The third-order valence-corrected chi connectivity index (χ3v) is 9.70. The quantitative estimate of drug-likeness (QED) is 0.292. The Labute approximate surface area is 249 Å². The Balaban J connectivity index is 0.000000303. The van der Waals surface area contributed by atoms with Crippen molar-refractivity contribution in [3.8, 4) is 5.75 Å². The van der Waals surface area contributed by atoms with Gasteiger partial charge in [-0.3, -0.25) is 4.57 Å². The van der Waals surface area contributed by atoms with Gasteiger partial charge in [0, 0.05) is 24.0 Å². The summed E-state index contributed by atoms with van der Waals surface area (Å²) in [6, 6.07) is 2.97. The molecule has 1 aromatic heterocycles. The van der Waals surface area contributed by atoms with E-state index in [-0.39, 0.29) is 12.6 Å². The molecule has 0 N–H and O–H groups in total. The molecule has 0 radical (unpaired) electrons. The first-order valence-corrected chi connectivity index (χ1v) is 14.1. The molecule has 35 heavy (non-hydrogen) atoms. The number of aromatic nitrogens is 2. The van der Waals surface area contributed by atoms with Crippen LogP contribution in [0.5, 0.6) is 5.75 Å². The molecule has 1 aromatic carbocycles. The average molecular weight is 668 g/mol. The molecule has 2 aromatic rings. The van der Waals surface area contributed by atoms with Crippen LogP contribution in [-0.2, 0) is 0 Å². The van der Waals surface area contributed by atoms with Gasteiger partial charge in [-0.2, -0.15) is 0 Å². The number of benzene rings is 1. The number of amides is 1. The molecule has 0 atom stereocenters. The van der Waals surface area contributed by atoms with Crippen molar-refractivity contribution in [3.05, 3.63) is 45.9 Å². The van der Waals surface area contributed by atoms with Crippen molar-refractivity contribution >= 4 is 110 Å². The molecular weight excluding hydrogens is 645 g/mol. The van der Waals surface area contributed by atoms with Gasteiger partial charge in [0.15, 0.2) is 5.75 Å². The lowest BCUT2D eigenvalue weighted by atomic mass is 9.97. The van der Waals surface area contributed by atoms with Crippen LogP contribution < -0.4 is 4.74 Å². The van der Waals surface area contributed by atoms with Gasteiger partial charge in [0.2, 0.25) is 0 Å². The minimum Gasteiger partial charge on any atom is -0.489 e. The Hall–Kier alpha value is 0.310.